The standard InChI is InChI=1S/C14H23N3O4S.ClH/c1-11(10-15)17(2)14(18)12-5-4-6-13(9-12)22(19,20)16-7-8-21-3;/h4-6,9,11,16H,7-8,10,15H2,1-3H3;1H. The Morgan fingerprint density at radius 2 is 2.09 bits per heavy atom. The second-order valence-corrected chi connectivity index (χ2v) is 6.69. The molecule has 1 atom stereocenters. The van der Waals surface area contributed by atoms with Crippen LogP contribution in [0.4, 0.5) is 0 Å². The third-order valence-corrected chi connectivity index (χ3v) is 4.77. The van der Waals surface area contributed by atoms with Crippen LogP contribution in [0.3, 0.4) is 0 Å². The van der Waals surface area contributed by atoms with Crippen molar-refractivity contribution >= 4 is 28.3 Å². The number of halogens is 1. The number of likely N-dealkylation sites (N-methyl/N-ethyl adjacent to an activating group) is 1. The quantitative estimate of drug-likeness (QED) is 0.651. The SMILES string of the molecule is COCCNS(=O)(=O)c1cccc(C(=O)N(C)C(C)CN)c1.Cl. The number of nitrogens with two attached hydrogens (primary N) is 1. The number of methoxy groups -OCH3 is 1. The Morgan fingerprint density at radius 1 is 1.43 bits per heavy atom. The monoisotopic (exact) mass is 365 g/mol. The van der Waals surface area contributed by atoms with Gasteiger partial charge in [-0.1, -0.05) is 6.07 Å². The zero-order valence-corrected chi connectivity index (χ0v) is 15.1. The molecular formula is C14H24ClN3O4S. The van der Waals surface area contributed by atoms with E-state index in [4.69, 9.17) is 10.5 Å². The first-order chi connectivity index (χ1) is 10.3. The largest absolute Gasteiger partial charge is 0.383 e. The number of rotatable bonds is 8. The Hall–Kier alpha value is -1.19. The molecule has 0 aromatic heterocycles. The van der Waals surface area contributed by atoms with E-state index in [0.717, 1.165) is 0 Å². The lowest BCUT2D eigenvalue weighted by molar-refractivity contribution is 0.0748. The molecule has 1 aromatic carbocycles. The summed E-state index contributed by atoms with van der Waals surface area (Å²) in [6.45, 7) is 2.60. The Morgan fingerprint density at radius 3 is 2.65 bits per heavy atom. The van der Waals surface area contributed by atoms with Gasteiger partial charge < -0.3 is 15.4 Å². The van der Waals surface area contributed by atoms with Crippen molar-refractivity contribution in [2.24, 2.45) is 5.73 Å². The van der Waals surface area contributed by atoms with Gasteiger partial charge in [0.25, 0.3) is 5.91 Å². The average Bonchev–Trinajstić information content (AvgIpc) is 2.53. The molecule has 0 spiro atoms. The van der Waals surface area contributed by atoms with E-state index < -0.39 is 10.0 Å². The summed E-state index contributed by atoms with van der Waals surface area (Å²) in [6.07, 6.45) is 0. The van der Waals surface area contributed by atoms with Gasteiger partial charge >= 0.3 is 0 Å². The van der Waals surface area contributed by atoms with E-state index >= 15 is 0 Å². The first kappa shape index (κ1) is 21.8. The van der Waals surface area contributed by atoms with Crippen LogP contribution in [0.2, 0.25) is 0 Å². The number of sulfonamides is 1. The highest BCUT2D eigenvalue weighted by Gasteiger charge is 2.19. The number of carbonyl (C=O) groups excluding carboxylic acids is 1. The van der Waals surface area contributed by atoms with Crippen molar-refractivity contribution in [1.29, 1.82) is 0 Å². The van der Waals surface area contributed by atoms with Gasteiger partial charge in [0.15, 0.2) is 0 Å². The first-order valence-corrected chi connectivity index (χ1v) is 8.37. The smallest absolute Gasteiger partial charge is 0.253 e. The zero-order chi connectivity index (χ0) is 16.8. The number of hydrogen-bond donors (Lipinski definition) is 2. The van der Waals surface area contributed by atoms with E-state index in [-0.39, 0.29) is 42.4 Å². The Bertz CT molecular complexity index is 610. The third kappa shape index (κ3) is 6.08. The Labute approximate surface area is 143 Å². The number of carbonyl (C=O) groups is 1. The molecule has 0 aliphatic heterocycles. The van der Waals surface area contributed by atoms with Crippen molar-refractivity contribution < 1.29 is 17.9 Å². The van der Waals surface area contributed by atoms with Gasteiger partial charge in [0.2, 0.25) is 10.0 Å². The lowest BCUT2D eigenvalue weighted by Gasteiger charge is -2.23. The molecule has 9 heteroatoms. The van der Waals surface area contributed by atoms with E-state index in [0.29, 0.717) is 12.1 Å². The Balaban J connectivity index is 0.00000484. The van der Waals surface area contributed by atoms with Crippen LogP contribution in [0.5, 0.6) is 0 Å². The molecule has 3 N–H and O–H groups in total. The lowest BCUT2D eigenvalue weighted by atomic mass is 10.2. The van der Waals surface area contributed by atoms with Gasteiger partial charge in [0.1, 0.15) is 0 Å². The molecule has 1 amide bonds. The predicted octanol–water partition coefficient (Wildman–Crippen LogP) is 0.452. The van der Waals surface area contributed by atoms with E-state index in [1.165, 1.54) is 24.1 Å². The molecule has 0 radical (unpaired) electrons. The number of ether oxygens (including phenoxy) is 1. The van der Waals surface area contributed by atoms with Crippen LogP contribution < -0.4 is 10.5 Å². The number of amides is 1. The van der Waals surface area contributed by atoms with Crippen molar-refractivity contribution in [2.75, 3.05) is 33.9 Å². The Kier molecular flexibility index (Phi) is 9.33. The van der Waals surface area contributed by atoms with E-state index in [1.54, 1.807) is 19.2 Å². The molecule has 1 rings (SSSR count). The zero-order valence-electron chi connectivity index (χ0n) is 13.5. The molecule has 0 bridgehead atoms. The summed E-state index contributed by atoms with van der Waals surface area (Å²) in [5, 5.41) is 0. The second-order valence-electron chi connectivity index (χ2n) is 4.92. The van der Waals surface area contributed by atoms with Crippen molar-refractivity contribution in [3.05, 3.63) is 29.8 Å². The van der Waals surface area contributed by atoms with Gasteiger partial charge in [-0.15, -0.1) is 12.4 Å². The number of nitrogens with one attached hydrogen (secondary N) is 1. The maximum Gasteiger partial charge on any atom is 0.253 e. The molecule has 1 aromatic rings. The topological polar surface area (TPSA) is 102 Å². The summed E-state index contributed by atoms with van der Waals surface area (Å²) in [7, 11) is -0.541. The minimum atomic E-state index is -3.67. The normalized spacial score (nSPS) is 12.3. The number of hydrogen-bond acceptors (Lipinski definition) is 5. The molecule has 7 nitrogen and oxygen atoms in total. The molecule has 132 valence electrons. The molecule has 0 fully saturated rings. The van der Waals surface area contributed by atoms with Crippen molar-refractivity contribution in [3.8, 4) is 0 Å². The fraction of sp³-hybridized carbons (Fsp3) is 0.500. The third-order valence-electron chi connectivity index (χ3n) is 3.31. The van der Waals surface area contributed by atoms with Gasteiger partial charge in [0.05, 0.1) is 11.5 Å². The fourth-order valence-electron chi connectivity index (χ4n) is 1.72. The maximum absolute atomic E-state index is 12.3. The van der Waals surface area contributed by atoms with Crippen molar-refractivity contribution in [1.82, 2.24) is 9.62 Å². The summed E-state index contributed by atoms with van der Waals surface area (Å²) in [4.78, 5) is 13.9. The van der Waals surface area contributed by atoms with E-state index in [1.807, 2.05) is 6.92 Å². The summed E-state index contributed by atoms with van der Waals surface area (Å²) in [5.74, 6) is -0.271. The molecule has 1 unspecified atom stereocenters. The minimum Gasteiger partial charge on any atom is -0.383 e. The van der Waals surface area contributed by atoms with Crippen LogP contribution in [0.25, 0.3) is 0 Å². The highest BCUT2D eigenvalue weighted by Crippen LogP contribution is 2.13. The van der Waals surface area contributed by atoms with Gasteiger partial charge in [-0.3, -0.25) is 4.79 Å². The molecule has 0 saturated heterocycles. The molecule has 23 heavy (non-hydrogen) atoms. The molecule has 0 aliphatic carbocycles. The van der Waals surface area contributed by atoms with Crippen LogP contribution >= 0.6 is 12.4 Å². The highest BCUT2D eigenvalue weighted by atomic mass is 35.5. The molecule has 0 heterocycles. The summed E-state index contributed by atoms with van der Waals surface area (Å²) in [5.41, 5.74) is 5.85. The molecule has 0 aliphatic rings. The van der Waals surface area contributed by atoms with Gasteiger partial charge in [0, 0.05) is 38.9 Å². The van der Waals surface area contributed by atoms with Crippen LogP contribution in [-0.2, 0) is 14.8 Å². The van der Waals surface area contributed by atoms with Crippen molar-refractivity contribution in [3.63, 3.8) is 0 Å². The molecular weight excluding hydrogens is 342 g/mol. The van der Waals surface area contributed by atoms with Gasteiger partial charge in [-0.2, -0.15) is 0 Å². The van der Waals surface area contributed by atoms with Gasteiger partial charge in [-0.05, 0) is 25.1 Å². The lowest BCUT2D eigenvalue weighted by Crippen LogP contribution is -2.39. The molecule has 0 saturated carbocycles. The summed E-state index contributed by atoms with van der Waals surface area (Å²) < 4.78 is 31.5. The summed E-state index contributed by atoms with van der Waals surface area (Å²) in [6, 6.07) is 5.79. The number of benzene rings is 1. The van der Waals surface area contributed by atoms with Crippen LogP contribution in [0.1, 0.15) is 17.3 Å². The fourth-order valence-corrected chi connectivity index (χ4v) is 2.78. The van der Waals surface area contributed by atoms with E-state index in [9.17, 15) is 13.2 Å². The second kappa shape index (κ2) is 9.84. The van der Waals surface area contributed by atoms with Gasteiger partial charge in [-0.25, -0.2) is 13.1 Å². The van der Waals surface area contributed by atoms with E-state index in [2.05, 4.69) is 4.72 Å². The van der Waals surface area contributed by atoms with Crippen LogP contribution in [0, 0.1) is 0 Å². The minimum absolute atomic E-state index is 0. The van der Waals surface area contributed by atoms with Crippen LogP contribution in [0.15, 0.2) is 29.2 Å². The predicted molar refractivity (Wildman–Crippen MR) is 91.4 cm³/mol. The summed E-state index contributed by atoms with van der Waals surface area (Å²) >= 11 is 0. The average molecular weight is 366 g/mol. The first-order valence-electron chi connectivity index (χ1n) is 6.89. The van der Waals surface area contributed by atoms with Crippen LogP contribution in [-0.4, -0.2) is 59.1 Å². The highest BCUT2D eigenvalue weighted by molar-refractivity contribution is 7.89. The van der Waals surface area contributed by atoms with Crippen molar-refractivity contribution in [2.45, 2.75) is 17.9 Å². The number of nitrogens with zero attached hydrogens (tertiary/aromatic N) is 1. The maximum atomic E-state index is 12.3.